The molecule has 4 nitrogen and oxygen atoms in total. The van der Waals surface area contributed by atoms with Gasteiger partial charge < -0.3 is 14.7 Å². The van der Waals surface area contributed by atoms with Crippen molar-refractivity contribution in [2.45, 2.75) is 37.7 Å². The Balaban J connectivity index is 1.45. The average Bonchev–Trinajstić information content (AvgIpc) is 2.73. The highest BCUT2D eigenvalue weighted by Crippen LogP contribution is 2.36. The number of para-hydroxylation sites is 1. The Hall–Kier alpha value is -2.33. The molecule has 1 unspecified atom stereocenters. The van der Waals surface area contributed by atoms with Gasteiger partial charge in [-0.25, -0.2) is 0 Å². The molecule has 0 saturated carbocycles. The van der Waals surface area contributed by atoms with E-state index in [9.17, 15) is 9.90 Å². The van der Waals surface area contributed by atoms with Crippen molar-refractivity contribution in [2.75, 3.05) is 19.7 Å². The molecule has 4 rings (SSSR count). The molecule has 0 bridgehead atoms. The van der Waals surface area contributed by atoms with Gasteiger partial charge in [-0.15, -0.1) is 0 Å². The standard InChI is InChI=1S/C22H25NO3/c24-15-17-5-1-2-6-18(17)16-9-12-23(13-10-16)22(25)20-11-14-26-21-8-4-3-7-19(20)21/h1-8,16,20,24H,9-15H2. The van der Waals surface area contributed by atoms with Gasteiger partial charge in [-0.3, -0.25) is 4.79 Å². The predicted octanol–water partition coefficient (Wildman–Crippen LogP) is 3.45. The summed E-state index contributed by atoms with van der Waals surface area (Å²) in [4.78, 5) is 15.1. The maximum atomic E-state index is 13.1. The lowest BCUT2D eigenvalue weighted by Gasteiger charge is -2.36. The lowest BCUT2D eigenvalue weighted by atomic mass is 9.85. The van der Waals surface area contributed by atoms with Gasteiger partial charge >= 0.3 is 0 Å². The van der Waals surface area contributed by atoms with Gasteiger partial charge in [-0.1, -0.05) is 42.5 Å². The Morgan fingerprint density at radius 3 is 2.46 bits per heavy atom. The van der Waals surface area contributed by atoms with Crippen LogP contribution in [0, 0.1) is 0 Å². The van der Waals surface area contributed by atoms with Crippen LogP contribution in [0.4, 0.5) is 0 Å². The van der Waals surface area contributed by atoms with Crippen LogP contribution in [0.3, 0.4) is 0 Å². The molecular formula is C22H25NO3. The summed E-state index contributed by atoms with van der Waals surface area (Å²) in [5.74, 6) is 1.42. The molecule has 2 aromatic rings. The molecule has 2 heterocycles. The summed E-state index contributed by atoms with van der Waals surface area (Å²) in [7, 11) is 0. The molecule has 1 atom stereocenters. The number of likely N-dealkylation sites (tertiary alicyclic amines) is 1. The van der Waals surface area contributed by atoms with Crippen LogP contribution >= 0.6 is 0 Å². The van der Waals surface area contributed by atoms with Crippen molar-refractivity contribution in [3.05, 3.63) is 65.2 Å². The number of hydrogen-bond acceptors (Lipinski definition) is 3. The van der Waals surface area contributed by atoms with Gasteiger partial charge in [0.25, 0.3) is 0 Å². The highest BCUT2D eigenvalue weighted by molar-refractivity contribution is 5.85. The Kier molecular flexibility index (Phi) is 4.93. The average molecular weight is 351 g/mol. The van der Waals surface area contributed by atoms with Crippen molar-refractivity contribution in [1.82, 2.24) is 4.90 Å². The first-order chi connectivity index (χ1) is 12.8. The van der Waals surface area contributed by atoms with Crippen molar-refractivity contribution >= 4 is 5.91 Å². The van der Waals surface area contributed by atoms with E-state index in [2.05, 4.69) is 6.07 Å². The first-order valence-corrected chi connectivity index (χ1v) is 9.47. The molecule has 1 fully saturated rings. The van der Waals surface area contributed by atoms with Crippen molar-refractivity contribution in [1.29, 1.82) is 0 Å². The number of fused-ring (bicyclic) bond motifs is 1. The third-order valence-corrected chi connectivity index (χ3v) is 5.73. The summed E-state index contributed by atoms with van der Waals surface area (Å²) in [6.45, 7) is 2.24. The molecular weight excluding hydrogens is 326 g/mol. The van der Waals surface area contributed by atoms with Gasteiger partial charge in [-0.05, 0) is 42.4 Å². The molecule has 136 valence electrons. The smallest absolute Gasteiger partial charge is 0.230 e. The lowest BCUT2D eigenvalue weighted by molar-refractivity contribution is -0.134. The topological polar surface area (TPSA) is 49.8 Å². The Morgan fingerprint density at radius 2 is 1.69 bits per heavy atom. The van der Waals surface area contributed by atoms with Crippen LogP contribution in [-0.4, -0.2) is 35.6 Å². The molecule has 4 heteroatoms. The minimum atomic E-state index is -0.0822. The third-order valence-electron chi connectivity index (χ3n) is 5.73. The maximum absolute atomic E-state index is 13.1. The van der Waals surface area contributed by atoms with Crippen LogP contribution in [0.1, 0.15) is 47.8 Å². The summed E-state index contributed by atoms with van der Waals surface area (Å²) in [6, 6.07) is 16.0. The number of carbonyl (C=O) groups is 1. The quantitative estimate of drug-likeness (QED) is 0.921. The van der Waals surface area contributed by atoms with Gasteiger partial charge in [0.15, 0.2) is 0 Å². The number of aliphatic hydroxyl groups is 1. The Labute approximate surface area is 154 Å². The monoisotopic (exact) mass is 351 g/mol. The SMILES string of the molecule is O=C(C1CCOc2ccccc21)N1CCC(c2ccccc2CO)CC1. The van der Waals surface area contributed by atoms with Crippen molar-refractivity contribution in [2.24, 2.45) is 0 Å². The van der Waals surface area contributed by atoms with Crippen LogP contribution in [0.15, 0.2) is 48.5 Å². The summed E-state index contributed by atoms with van der Waals surface area (Å²) in [5.41, 5.74) is 3.27. The van der Waals surface area contributed by atoms with Gasteiger partial charge in [0, 0.05) is 18.7 Å². The lowest BCUT2D eigenvalue weighted by Crippen LogP contribution is -2.41. The molecule has 2 aromatic carbocycles. The van der Waals surface area contributed by atoms with Gasteiger partial charge in [-0.2, -0.15) is 0 Å². The fraction of sp³-hybridized carbons (Fsp3) is 0.409. The van der Waals surface area contributed by atoms with Crippen molar-refractivity contribution < 1.29 is 14.6 Å². The molecule has 26 heavy (non-hydrogen) atoms. The van der Waals surface area contributed by atoms with Crippen LogP contribution < -0.4 is 4.74 Å². The number of aliphatic hydroxyl groups excluding tert-OH is 1. The number of ether oxygens (including phenoxy) is 1. The number of rotatable bonds is 3. The third kappa shape index (κ3) is 3.21. The van der Waals surface area contributed by atoms with E-state index in [4.69, 9.17) is 4.74 Å². The first-order valence-electron chi connectivity index (χ1n) is 9.47. The second-order valence-electron chi connectivity index (χ2n) is 7.18. The van der Waals surface area contributed by atoms with Crippen LogP contribution in [0.5, 0.6) is 5.75 Å². The molecule has 0 radical (unpaired) electrons. The molecule has 1 amide bonds. The van der Waals surface area contributed by atoms with E-state index in [1.807, 2.05) is 47.4 Å². The van der Waals surface area contributed by atoms with E-state index in [0.717, 1.165) is 49.2 Å². The largest absolute Gasteiger partial charge is 0.493 e. The van der Waals surface area contributed by atoms with E-state index >= 15 is 0 Å². The fourth-order valence-electron chi connectivity index (χ4n) is 4.31. The number of hydrogen-bond donors (Lipinski definition) is 1. The minimum Gasteiger partial charge on any atom is -0.493 e. The van der Waals surface area contributed by atoms with E-state index < -0.39 is 0 Å². The molecule has 0 spiro atoms. The Morgan fingerprint density at radius 1 is 1.00 bits per heavy atom. The fourth-order valence-corrected chi connectivity index (χ4v) is 4.31. The number of piperidine rings is 1. The number of amides is 1. The molecule has 2 aliphatic rings. The number of carbonyl (C=O) groups excluding carboxylic acids is 1. The van der Waals surface area contributed by atoms with Gasteiger partial charge in [0.1, 0.15) is 5.75 Å². The number of benzene rings is 2. The molecule has 2 aliphatic heterocycles. The number of nitrogens with zero attached hydrogens (tertiary/aromatic N) is 1. The minimum absolute atomic E-state index is 0.0776. The molecule has 1 saturated heterocycles. The molecule has 0 aromatic heterocycles. The van der Waals surface area contributed by atoms with Gasteiger partial charge in [0.2, 0.25) is 5.91 Å². The van der Waals surface area contributed by atoms with Gasteiger partial charge in [0.05, 0.1) is 19.1 Å². The molecule has 0 aliphatic carbocycles. The predicted molar refractivity (Wildman–Crippen MR) is 100 cm³/mol. The van der Waals surface area contributed by atoms with Crippen molar-refractivity contribution in [3.8, 4) is 5.75 Å². The van der Waals surface area contributed by atoms with Crippen LogP contribution in [-0.2, 0) is 11.4 Å². The highest BCUT2D eigenvalue weighted by atomic mass is 16.5. The summed E-state index contributed by atoms with van der Waals surface area (Å²) < 4.78 is 5.70. The van der Waals surface area contributed by atoms with Crippen molar-refractivity contribution in [3.63, 3.8) is 0 Å². The highest BCUT2D eigenvalue weighted by Gasteiger charge is 2.33. The van der Waals surface area contributed by atoms with E-state index in [1.165, 1.54) is 5.56 Å². The second-order valence-corrected chi connectivity index (χ2v) is 7.18. The zero-order valence-electron chi connectivity index (χ0n) is 14.9. The first kappa shape index (κ1) is 17.1. The molecule has 1 N–H and O–H groups in total. The van der Waals surface area contributed by atoms with E-state index in [0.29, 0.717) is 12.5 Å². The summed E-state index contributed by atoms with van der Waals surface area (Å²) in [6.07, 6.45) is 2.66. The van der Waals surface area contributed by atoms with E-state index in [-0.39, 0.29) is 18.4 Å². The summed E-state index contributed by atoms with van der Waals surface area (Å²) in [5, 5.41) is 9.58. The normalized spacial score (nSPS) is 20.3. The maximum Gasteiger partial charge on any atom is 0.230 e. The summed E-state index contributed by atoms with van der Waals surface area (Å²) >= 11 is 0. The van der Waals surface area contributed by atoms with Crippen LogP contribution in [0.2, 0.25) is 0 Å². The Bertz CT molecular complexity index is 780. The van der Waals surface area contributed by atoms with E-state index in [1.54, 1.807) is 0 Å². The zero-order chi connectivity index (χ0) is 17.9. The second kappa shape index (κ2) is 7.50. The van der Waals surface area contributed by atoms with Crippen LogP contribution in [0.25, 0.3) is 0 Å². The zero-order valence-corrected chi connectivity index (χ0v) is 14.9.